The lowest BCUT2D eigenvalue weighted by Crippen LogP contribution is -2.41. The fraction of sp³-hybridized carbons (Fsp3) is 0.556. The molecule has 0 radical (unpaired) electrons. The van der Waals surface area contributed by atoms with Crippen LogP contribution in [0.4, 0.5) is 0 Å². The molecule has 0 spiro atoms. The highest BCUT2D eigenvalue weighted by molar-refractivity contribution is 5.96. The third-order valence-corrected chi connectivity index (χ3v) is 3.41. The van der Waals surface area contributed by atoms with E-state index in [1.54, 1.807) is 32.9 Å². The molecule has 2 unspecified atom stereocenters. The van der Waals surface area contributed by atoms with Crippen LogP contribution in [-0.4, -0.2) is 39.6 Å². The number of carbonyl (C=O) groups is 3. The van der Waals surface area contributed by atoms with E-state index in [0.29, 0.717) is 12.0 Å². The van der Waals surface area contributed by atoms with Gasteiger partial charge in [0.2, 0.25) is 0 Å². The Morgan fingerprint density at radius 3 is 2.48 bits per heavy atom. The zero-order chi connectivity index (χ0) is 19.0. The van der Waals surface area contributed by atoms with Crippen molar-refractivity contribution in [2.75, 3.05) is 0 Å². The molecule has 0 saturated carbocycles. The first-order chi connectivity index (χ1) is 11.6. The topological polar surface area (TPSA) is 106 Å². The van der Waals surface area contributed by atoms with E-state index in [4.69, 9.17) is 4.74 Å². The highest BCUT2D eigenvalue weighted by atomic mass is 16.6. The molecule has 0 aromatic carbocycles. The summed E-state index contributed by atoms with van der Waals surface area (Å²) in [5.74, 6) is -1.96. The van der Waals surface area contributed by atoms with E-state index in [2.05, 4.69) is 10.3 Å². The summed E-state index contributed by atoms with van der Waals surface area (Å²) in [6.45, 7) is 7.24. The standard InChI is InChI=1S/C18H26N2O5/c1-12(10-15(21)25-18(2,3)4)7-8-14(17(23)24)20-16(22)13-6-5-9-19-11-13/h5-6,9,11-12,14H,7-8,10H2,1-4H3,(H,20,22)(H,23,24). The van der Waals surface area contributed by atoms with Crippen LogP contribution in [0.3, 0.4) is 0 Å². The molecule has 138 valence electrons. The first kappa shape index (κ1) is 20.6. The maximum absolute atomic E-state index is 12.1. The van der Waals surface area contributed by atoms with Gasteiger partial charge in [0.15, 0.2) is 0 Å². The van der Waals surface area contributed by atoms with Gasteiger partial charge >= 0.3 is 11.9 Å². The van der Waals surface area contributed by atoms with Gasteiger partial charge in [-0.3, -0.25) is 14.6 Å². The van der Waals surface area contributed by atoms with Crippen LogP contribution in [-0.2, 0) is 14.3 Å². The number of ether oxygens (including phenoxy) is 1. The van der Waals surface area contributed by atoms with Gasteiger partial charge in [0.25, 0.3) is 5.91 Å². The average molecular weight is 350 g/mol. The van der Waals surface area contributed by atoms with E-state index in [-0.39, 0.29) is 24.7 Å². The van der Waals surface area contributed by atoms with E-state index in [1.807, 2.05) is 6.92 Å². The van der Waals surface area contributed by atoms with Crippen LogP contribution in [0.25, 0.3) is 0 Å². The van der Waals surface area contributed by atoms with Crippen molar-refractivity contribution in [2.45, 2.75) is 58.6 Å². The van der Waals surface area contributed by atoms with E-state index < -0.39 is 23.5 Å². The van der Waals surface area contributed by atoms with E-state index >= 15 is 0 Å². The molecular formula is C18H26N2O5. The monoisotopic (exact) mass is 350 g/mol. The van der Waals surface area contributed by atoms with Gasteiger partial charge in [-0.1, -0.05) is 6.92 Å². The van der Waals surface area contributed by atoms with Gasteiger partial charge in [0.1, 0.15) is 11.6 Å². The predicted molar refractivity (Wildman–Crippen MR) is 92.0 cm³/mol. The number of carboxylic acid groups (broad SMARTS) is 1. The van der Waals surface area contributed by atoms with Crippen molar-refractivity contribution in [3.8, 4) is 0 Å². The first-order valence-electron chi connectivity index (χ1n) is 8.24. The molecule has 0 bridgehead atoms. The van der Waals surface area contributed by atoms with Crippen molar-refractivity contribution in [2.24, 2.45) is 5.92 Å². The highest BCUT2D eigenvalue weighted by Gasteiger charge is 2.23. The van der Waals surface area contributed by atoms with Crippen LogP contribution in [0.2, 0.25) is 0 Å². The second-order valence-electron chi connectivity index (χ2n) is 7.08. The fourth-order valence-corrected chi connectivity index (χ4v) is 2.22. The number of esters is 1. The summed E-state index contributed by atoms with van der Waals surface area (Å²) in [5.41, 5.74) is -0.242. The summed E-state index contributed by atoms with van der Waals surface area (Å²) in [6.07, 6.45) is 3.82. The minimum Gasteiger partial charge on any atom is -0.480 e. The van der Waals surface area contributed by atoms with E-state index in [9.17, 15) is 19.5 Å². The van der Waals surface area contributed by atoms with Crippen molar-refractivity contribution >= 4 is 17.8 Å². The Kier molecular flexibility index (Phi) is 7.54. The number of pyridine rings is 1. The third kappa shape index (κ3) is 8.28. The molecule has 2 N–H and O–H groups in total. The highest BCUT2D eigenvalue weighted by Crippen LogP contribution is 2.16. The molecule has 0 aliphatic heterocycles. The fourth-order valence-electron chi connectivity index (χ4n) is 2.22. The number of rotatable bonds is 8. The van der Waals surface area contributed by atoms with Gasteiger partial charge in [-0.15, -0.1) is 0 Å². The van der Waals surface area contributed by atoms with Crippen LogP contribution >= 0.6 is 0 Å². The van der Waals surface area contributed by atoms with Gasteiger partial charge in [0, 0.05) is 18.8 Å². The summed E-state index contributed by atoms with van der Waals surface area (Å²) in [5, 5.41) is 11.8. The normalized spacial score (nSPS) is 13.6. The van der Waals surface area contributed by atoms with Crippen molar-refractivity contribution in [3.63, 3.8) is 0 Å². The zero-order valence-corrected chi connectivity index (χ0v) is 15.1. The molecule has 1 heterocycles. The molecule has 2 atom stereocenters. The molecule has 7 heteroatoms. The van der Waals surface area contributed by atoms with Crippen LogP contribution in [0.5, 0.6) is 0 Å². The van der Waals surface area contributed by atoms with Gasteiger partial charge in [-0.05, 0) is 51.7 Å². The summed E-state index contributed by atoms with van der Waals surface area (Å²) >= 11 is 0. The molecule has 1 amide bonds. The third-order valence-electron chi connectivity index (χ3n) is 3.41. The predicted octanol–water partition coefficient (Wildman–Crippen LogP) is 2.41. The molecule has 1 aromatic heterocycles. The minimum absolute atomic E-state index is 0.0491. The van der Waals surface area contributed by atoms with Crippen LogP contribution in [0, 0.1) is 5.92 Å². The molecule has 0 aliphatic carbocycles. The maximum Gasteiger partial charge on any atom is 0.326 e. The summed E-state index contributed by atoms with van der Waals surface area (Å²) < 4.78 is 5.25. The molecule has 0 fully saturated rings. The minimum atomic E-state index is -1.11. The number of aliphatic carboxylic acids is 1. The number of hydrogen-bond acceptors (Lipinski definition) is 5. The second kappa shape index (κ2) is 9.15. The van der Waals surface area contributed by atoms with Gasteiger partial charge < -0.3 is 15.2 Å². The smallest absolute Gasteiger partial charge is 0.326 e. The Hall–Kier alpha value is -2.44. The largest absolute Gasteiger partial charge is 0.480 e. The summed E-state index contributed by atoms with van der Waals surface area (Å²) in [7, 11) is 0. The molecule has 25 heavy (non-hydrogen) atoms. The Morgan fingerprint density at radius 1 is 1.28 bits per heavy atom. The van der Waals surface area contributed by atoms with E-state index in [1.165, 1.54) is 12.4 Å². The molecule has 1 aromatic rings. The van der Waals surface area contributed by atoms with Crippen molar-refractivity contribution < 1.29 is 24.2 Å². The molecule has 0 aliphatic rings. The first-order valence-corrected chi connectivity index (χ1v) is 8.24. The van der Waals surface area contributed by atoms with E-state index in [0.717, 1.165) is 0 Å². The van der Waals surface area contributed by atoms with Crippen molar-refractivity contribution in [3.05, 3.63) is 30.1 Å². The van der Waals surface area contributed by atoms with Crippen LogP contribution in [0.1, 0.15) is 57.3 Å². The van der Waals surface area contributed by atoms with Crippen molar-refractivity contribution in [1.29, 1.82) is 0 Å². The quantitative estimate of drug-likeness (QED) is 0.698. The number of carboxylic acids is 1. The number of aromatic nitrogens is 1. The maximum atomic E-state index is 12.1. The number of hydrogen-bond donors (Lipinski definition) is 2. The number of amides is 1. The lowest BCUT2D eigenvalue weighted by Gasteiger charge is -2.21. The average Bonchev–Trinajstić information content (AvgIpc) is 2.49. The number of carbonyl (C=O) groups excluding carboxylic acids is 2. The summed E-state index contributed by atoms with van der Waals surface area (Å²) in [4.78, 5) is 39.0. The number of nitrogens with one attached hydrogen (secondary N) is 1. The van der Waals surface area contributed by atoms with Gasteiger partial charge in [0.05, 0.1) is 5.56 Å². The van der Waals surface area contributed by atoms with Gasteiger partial charge in [-0.25, -0.2) is 4.79 Å². The Labute approximate surface area is 147 Å². The Balaban J connectivity index is 2.51. The lowest BCUT2D eigenvalue weighted by atomic mass is 9.98. The zero-order valence-electron chi connectivity index (χ0n) is 15.1. The van der Waals surface area contributed by atoms with Crippen molar-refractivity contribution in [1.82, 2.24) is 10.3 Å². The SMILES string of the molecule is CC(CCC(NC(=O)c1cccnc1)C(=O)O)CC(=O)OC(C)(C)C. The summed E-state index contributed by atoms with van der Waals surface area (Å²) in [6, 6.07) is 2.15. The Morgan fingerprint density at radius 2 is 1.96 bits per heavy atom. The number of nitrogens with zero attached hydrogens (tertiary/aromatic N) is 1. The molecule has 7 nitrogen and oxygen atoms in total. The molecule has 0 saturated heterocycles. The van der Waals surface area contributed by atoms with Crippen LogP contribution < -0.4 is 5.32 Å². The van der Waals surface area contributed by atoms with Gasteiger partial charge in [-0.2, -0.15) is 0 Å². The molecular weight excluding hydrogens is 324 g/mol. The Bertz CT molecular complexity index is 595. The van der Waals surface area contributed by atoms with Crippen LogP contribution in [0.15, 0.2) is 24.5 Å². The molecule has 1 rings (SSSR count). The lowest BCUT2D eigenvalue weighted by molar-refractivity contribution is -0.155. The second-order valence-corrected chi connectivity index (χ2v) is 7.08.